The van der Waals surface area contributed by atoms with Crippen molar-refractivity contribution >= 4 is 5.91 Å². The van der Waals surface area contributed by atoms with Crippen molar-refractivity contribution in [2.75, 3.05) is 45.9 Å². The average Bonchev–Trinajstić information content (AvgIpc) is 2.71. The number of nitrogens with zero attached hydrogens (tertiary/aromatic N) is 2. The molecular formula is C12H23N3O2. The third kappa shape index (κ3) is 2.97. The Morgan fingerprint density at radius 3 is 2.71 bits per heavy atom. The second-order valence-corrected chi connectivity index (χ2v) is 5.13. The van der Waals surface area contributed by atoms with Gasteiger partial charge in [-0.05, 0) is 12.3 Å². The van der Waals surface area contributed by atoms with E-state index in [1.54, 1.807) is 0 Å². The van der Waals surface area contributed by atoms with Crippen LogP contribution in [0.1, 0.15) is 13.3 Å². The first-order valence-corrected chi connectivity index (χ1v) is 6.55. The van der Waals surface area contributed by atoms with Crippen LogP contribution in [0.25, 0.3) is 0 Å². The highest BCUT2D eigenvalue weighted by Gasteiger charge is 2.34. The van der Waals surface area contributed by atoms with Gasteiger partial charge in [-0.25, -0.2) is 0 Å². The van der Waals surface area contributed by atoms with E-state index in [1.165, 1.54) is 0 Å². The van der Waals surface area contributed by atoms with Crippen molar-refractivity contribution in [3.63, 3.8) is 0 Å². The molecule has 2 saturated heterocycles. The van der Waals surface area contributed by atoms with Gasteiger partial charge in [-0.15, -0.1) is 0 Å². The van der Waals surface area contributed by atoms with Gasteiger partial charge in [-0.3, -0.25) is 9.69 Å². The van der Waals surface area contributed by atoms with Crippen LogP contribution >= 0.6 is 0 Å². The molecule has 0 aromatic rings. The molecule has 17 heavy (non-hydrogen) atoms. The second kappa shape index (κ2) is 5.80. The predicted octanol–water partition coefficient (Wildman–Crippen LogP) is -0.879. The topological polar surface area (TPSA) is 55.8 Å². The summed E-state index contributed by atoms with van der Waals surface area (Å²) in [6, 6.07) is 0.0328. The van der Waals surface area contributed by atoms with Gasteiger partial charge in [0.25, 0.3) is 0 Å². The molecule has 0 bridgehead atoms. The fourth-order valence-electron chi connectivity index (χ4n) is 2.75. The van der Waals surface area contributed by atoms with Crippen molar-refractivity contribution < 1.29 is 9.90 Å². The lowest BCUT2D eigenvalue weighted by atomic mass is 10.0. The Kier molecular flexibility index (Phi) is 4.36. The summed E-state index contributed by atoms with van der Waals surface area (Å²) in [6.45, 7) is 7.33. The molecular weight excluding hydrogens is 218 g/mol. The predicted molar refractivity (Wildman–Crippen MR) is 65.7 cm³/mol. The quantitative estimate of drug-likeness (QED) is 0.674. The van der Waals surface area contributed by atoms with Gasteiger partial charge in [-0.2, -0.15) is 0 Å². The summed E-state index contributed by atoms with van der Waals surface area (Å²) in [5, 5.41) is 12.6. The fourth-order valence-corrected chi connectivity index (χ4v) is 2.75. The molecule has 2 fully saturated rings. The van der Waals surface area contributed by atoms with Crippen molar-refractivity contribution in [1.29, 1.82) is 0 Å². The molecule has 2 heterocycles. The largest absolute Gasteiger partial charge is 0.394 e. The number of carbonyl (C=O) groups excluding carboxylic acids is 1. The molecule has 0 aromatic heterocycles. The normalized spacial score (nSPS) is 30.8. The molecule has 2 aliphatic heterocycles. The van der Waals surface area contributed by atoms with Crippen LogP contribution < -0.4 is 5.32 Å². The first kappa shape index (κ1) is 12.8. The van der Waals surface area contributed by atoms with Gasteiger partial charge in [0.05, 0.1) is 19.2 Å². The zero-order valence-electron chi connectivity index (χ0n) is 10.6. The number of hydrogen-bond acceptors (Lipinski definition) is 4. The monoisotopic (exact) mass is 241 g/mol. The van der Waals surface area contributed by atoms with Crippen LogP contribution in [0.2, 0.25) is 0 Å². The maximum absolute atomic E-state index is 12.2. The fraction of sp³-hybridized carbons (Fsp3) is 0.917. The van der Waals surface area contributed by atoms with E-state index in [4.69, 9.17) is 0 Å². The third-order valence-electron chi connectivity index (χ3n) is 3.96. The van der Waals surface area contributed by atoms with E-state index < -0.39 is 0 Å². The standard InChI is InChI=1S/C12H23N3O2/c1-10-2-5-15(11(10)9-16)12(17)8-14-6-3-13-4-7-14/h10-11,13,16H,2-9H2,1H3. The molecule has 2 unspecified atom stereocenters. The molecule has 2 aliphatic rings. The number of piperazine rings is 1. The molecule has 2 rings (SSSR count). The number of hydrogen-bond donors (Lipinski definition) is 2. The highest BCUT2D eigenvalue weighted by Crippen LogP contribution is 2.23. The zero-order chi connectivity index (χ0) is 12.3. The van der Waals surface area contributed by atoms with E-state index in [1.807, 2.05) is 4.90 Å². The third-order valence-corrected chi connectivity index (χ3v) is 3.96. The molecule has 0 aliphatic carbocycles. The number of likely N-dealkylation sites (tertiary alicyclic amines) is 1. The van der Waals surface area contributed by atoms with E-state index in [-0.39, 0.29) is 18.6 Å². The van der Waals surface area contributed by atoms with Gasteiger partial charge < -0.3 is 15.3 Å². The number of amides is 1. The summed E-state index contributed by atoms with van der Waals surface area (Å²) in [7, 11) is 0. The van der Waals surface area contributed by atoms with E-state index >= 15 is 0 Å². The Balaban J connectivity index is 1.86. The van der Waals surface area contributed by atoms with Crippen LogP contribution in [0.4, 0.5) is 0 Å². The minimum Gasteiger partial charge on any atom is -0.394 e. The Labute approximate surface area is 103 Å². The SMILES string of the molecule is CC1CCN(C(=O)CN2CCNCC2)C1CO. The summed E-state index contributed by atoms with van der Waals surface area (Å²) >= 11 is 0. The molecule has 0 radical (unpaired) electrons. The molecule has 2 atom stereocenters. The van der Waals surface area contributed by atoms with Crippen molar-refractivity contribution in [2.24, 2.45) is 5.92 Å². The van der Waals surface area contributed by atoms with Crippen molar-refractivity contribution in [2.45, 2.75) is 19.4 Å². The van der Waals surface area contributed by atoms with Crippen LogP contribution in [0.5, 0.6) is 0 Å². The summed E-state index contributed by atoms with van der Waals surface area (Å²) in [5.74, 6) is 0.599. The summed E-state index contributed by atoms with van der Waals surface area (Å²) in [6.07, 6.45) is 1.01. The molecule has 5 heteroatoms. The maximum atomic E-state index is 12.2. The van der Waals surface area contributed by atoms with Gasteiger partial charge in [0.2, 0.25) is 5.91 Å². The molecule has 0 aromatic carbocycles. The van der Waals surface area contributed by atoms with E-state index in [2.05, 4.69) is 17.1 Å². The van der Waals surface area contributed by atoms with Crippen LogP contribution in [-0.4, -0.2) is 72.7 Å². The van der Waals surface area contributed by atoms with Gasteiger partial charge in [0, 0.05) is 32.7 Å². The van der Waals surface area contributed by atoms with Crippen molar-refractivity contribution in [3.05, 3.63) is 0 Å². The maximum Gasteiger partial charge on any atom is 0.237 e. The van der Waals surface area contributed by atoms with E-state index in [9.17, 15) is 9.90 Å². The van der Waals surface area contributed by atoms with Crippen LogP contribution in [-0.2, 0) is 4.79 Å². The van der Waals surface area contributed by atoms with Crippen LogP contribution in [0.15, 0.2) is 0 Å². The number of carbonyl (C=O) groups is 1. The van der Waals surface area contributed by atoms with Gasteiger partial charge in [0.15, 0.2) is 0 Å². The van der Waals surface area contributed by atoms with Crippen LogP contribution in [0, 0.1) is 5.92 Å². The minimum absolute atomic E-state index is 0.0328. The van der Waals surface area contributed by atoms with E-state index in [0.717, 1.165) is 39.1 Å². The highest BCUT2D eigenvalue weighted by molar-refractivity contribution is 5.79. The second-order valence-electron chi connectivity index (χ2n) is 5.13. The average molecular weight is 241 g/mol. The van der Waals surface area contributed by atoms with Gasteiger partial charge in [0.1, 0.15) is 0 Å². The zero-order valence-corrected chi connectivity index (χ0v) is 10.6. The minimum atomic E-state index is 0.0328. The lowest BCUT2D eigenvalue weighted by molar-refractivity contribution is -0.134. The Hall–Kier alpha value is -0.650. The van der Waals surface area contributed by atoms with E-state index in [0.29, 0.717) is 12.5 Å². The smallest absolute Gasteiger partial charge is 0.237 e. The molecule has 0 saturated carbocycles. The number of aliphatic hydroxyl groups is 1. The number of nitrogens with one attached hydrogen (secondary N) is 1. The summed E-state index contributed by atoms with van der Waals surface area (Å²) in [5.41, 5.74) is 0. The molecule has 1 amide bonds. The van der Waals surface area contributed by atoms with Gasteiger partial charge >= 0.3 is 0 Å². The van der Waals surface area contributed by atoms with Crippen molar-refractivity contribution in [1.82, 2.24) is 15.1 Å². The first-order valence-electron chi connectivity index (χ1n) is 6.55. The Bertz CT molecular complexity index is 266. The molecule has 0 spiro atoms. The Morgan fingerprint density at radius 2 is 2.06 bits per heavy atom. The number of aliphatic hydroxyl groups excluding tert-OH is 1. The summed E-state index contributed by atoms with van der Waals surface area (Å²) in [4.78, 5) is 16.2. The Morgan fingerprint density at radius 1 is 1.35 bits per heavy atom. The van der Waals surface area contributed by atoms with Crippen LogP contribution in [0.3, 0.4) is 0 Å². The van der Waals surface area contributed by atoms with Gasteiger partial charge in [-0.1, -0.05) is 6.92 Å². The highest BCUT2D eigenvalue weighted by atomic mass is 16.3. The first-order chi connectivity index (χ1) is 8.22. The molecule has 2 N–H and O–H groups in total. The lowest BCUT2D eigenvalue weighted by Gasteiger charge is -2.31. The molecule has 98 valence electrons. The summed E-state index contributed by atoms with van der Waals surface area (Å²) < 4.78 is 0. The molecule has 5 nitrogen and oxygen atoms in total. The lowest BCUT2D eigenvalue weighted by Crippen LogP contribution is -2.50. The van der Waals surface area contributed by atoms with Crippen molar-refractivity contribution in [3.8, 4) is 0 Å². The number of rotatable bonds is 3.